The first-order valence-electron chi connectivity index (χ1n) is 12.2. The zero-order valence-electron chi connectivity index (χ0n) is 20.4. The van der Waals surface area contributed by atoms with Gasteiger partial charge in [0.2, 0.25) is 5.91 Å². The molecule has 1 fully saturated rings. The molecule has 34 heavy (non-hydrogen) atoms. The summed E-state index contributed by atoms with van der Waals surface area (Å²) in [4.78, 5) is 15.9. The van der Waals surface area contributed by atoms with Crippen LogP contribution >= 0.6 is 0 Å². The molecule has 5 rings (SSSR count). The van der Waals surface area contributed by atoms with Crippen LogP contribution in [0.1, 0.15) is 68.5 Å². The number of halogens is 2. The van der Waals surface area contributed by atoms with Crippen LogP contribution in [0.5, 0.6) is 5.75 Å². The van der Waals surface area contributed by atoms with Gasteiger partial charge in [-0.1, -0.05) is 13.8 Å². The molecule has 186 valence electrons. The first-order valence-corrected chi connectivity index (χ1v) is 12.2. The number of rotatable bonds is 3. The third-order valence-electron chi connectivity index (χ3n) is 6.75. The monoisotopic (exact) mass is 476 g/mol. The highest BCUT2D eigenvalue weighted by Crippen LogP contribution is 2.43. The molecule has 0 spiro atoms. The Morgan fingerprint density at radius 1 is 1.15 bits per heavy atom. The molecule has 0 radical (unpaired) electrons. The van der Waals surface area contributed by atoms with Gasteiger partial charge in [-0.25, -0.2) is 8.78 Å². The van der Waals surface area contributed by atoms with Gasteiger partial charge in [0.25, 0.3) is 6.43 Å². The highest BCUT2D eigenvalue weighted by Gasteiger charge is 2.34. The summed E-state index contributed by atoms with van der Waals surface area (Å²) in [6, 6.07) is 3.46. The van der Waals surface area contributed by atoms with Gasteiger partial charge >= 0.3 is 0 Å². The number of hydrogen-bond acceptors (Lipinski definition) is 5. The molecular weight excluding hydrogens is 442 g/mol. The SMILES string of the molecule is CC.CC(=O)N1CCc2c(c(N3CCOc4cc(C)c(C(F)F)cc43)nn2C2CCOCC2)C1. The van der Waals surface area contributed by atoms with Crippen LogP contribution < -0.4 is 9.64 Å². The van der Waals surface area contributed by atoms with Crippen molar-refractivity contribution in [3.8, 4) is 5.75 Å². The van der Waals surface area contributed by atoms with Gasteiger partial charge in [0.05, 0.1) is 24.8 Å². The van der Waals surface area contributed by atoms with Gasteiger partial charge < -0.3 is 19.3 Å². The van der Waals surface area contributed by atoms with Crippen LogP contribution in [0, 0.1) is 6.92 Å². The van der Waals surface area contributed by atoms with Crippen molar-refractivity contribution in [3.05, 3.63) is 34.5 Å². The Bertz CT molecular complexity index is 1030. The van der Waals surface area contributed by atoms with Gasteiger partial charge in [-0.3, -0.25) is 9.48 Å². The number of aryl methyl sites for hydroxylation is 1. The molecule has 0 unspecified atom stereocenters. The van der Waals surface area contributed by atoms with E-state index in [9.17, 15) is 13.6 Å². The molecule has 2 aromatic rings. The van der Waals surface area contributed by atoms with E-state index in [1.54, 1.807) is 19.9 Å². The van der Waals surface area contributed by atoms with E-state index in [0.29, 0.717) is 56.5 Å². The number of carbonyl (C=O) groups excluding carboxylic acids is 1. The predicted octanol–water partition coefficient (Wildman–Crippen LogP) is 4.94. The number of alkyl halides is 2. The van der Waals surface area contributed by atoms with Crippen molar-refractivity contribution in [1.82, 2.24) is 14.7 Å². The second-order valence-corrected chi connectivity index (χ2v) is 8.70. The Labute approximate surface area is 199 Å². The Kier molecular flexibility index (Phi) is 7.40. The van der Waals surface area contributed by atoms with E-state index in [4.69, 9.17) is 14.6 Å². The second-order valence-electron chi connectivity index (χ2n) is 8.70. The molecule has 1 aromatic carbocycles. The summed E-state index contributed by atoms with van der Waals surface area (Å²) in [5, 5.41) is 5.03. The molecule has 1 amide bonds. The Hall–Kier alpha value is -2.68. The van der Waals surface area contributed by atoms with Gasteiger partial charge in [-0.05, 0) is 37.5 Å². The minimum Gasteiger partial charge on any atom is -0.490 e. The number of anilines is 2. The summed E-state index contributed by atoms with van der Waals surface area (Å²) in [5.74, 6) is 1.36. The van der Waals surface area contributed by atoms with Gasteiger partial charge in [0.15, 0.2) is 5.82 Å². The van der Waals surface area contributed by atoms with Crippen LogP contribution in [0.15, 0.2) is 12.1 Å². The van der Waals surface area contributed by atoms with Crippen molar-refractivity contribution in [2.45, 2.75) is 66.0 Å². The maximum Gasteiger partial charge on any atom is 0.264 e. The van der Waals surface area contributed by atoms with Crippen LogP contribution in [0.3, 0.4) is 0 Å². The summed E-state index contributed by atoms with van der Waals surface area (Å²) in [7, 11) is 0. The number of benzene rings is 1. The zero-order chi connectivity index (χ0) is 24.4. The lowest BCUT2D eigenvalue weighted by Crippen LogP contribution is -2.36. The predicted molar refractivity (Wildman–Crippen MR) is 126 cm³/mol. The highest BCUT2D eigenvalue weighted by molar-refractivity contribution is 5.76. The molecule has 3 aliphatic rings. The minimum atomic E-state index is -2.56. The van der Waals surface area contributed by atoms with Crippen LogP contribution in [0.2, 0.25) is 0 Å². The number of nitrogens with zero attached hydrogens (tertiary/aromatic N) is 4. The largest absolute Gasteiger partial charge is 0.490 e. The summed E-state index contributed by atoms with van der Waals surface area (Å²) in [5.41, 5.74) is 3.26. The van der Waals surface area contributed by atoms with Crippen molar-refractivity contribution < 1.29 is 23.0 Å². The smallest absolute Gasteiger partial charge is 0.264 e. The van der Waals surface area contributed by atoms with Crippen molar-refractivity contribution in [2.24, 2.45) is 0 Å². The van der Waals surface area contributed by atoms with Crippen molar-refractivity contribution in [3.63, 3.8) is 0 Å². The van der Waals surface area contributed by atoms with E-state index in [1.807, 2.05) is 23.6 Å². The van der Waals surface area contributed by atoms with Gasteiger partial charge in [-0.15, -0.1) is 0 Å². The van der Waals surface area contributed by atoms with Crippen LogP contribution in [0.25, 0.3) is 0 Å². The summed E-state index contributed by atoms with van der Waals surface area (Å²) in [6.07, 6.45) is -0.0605. The maximum absolute atomic E-state index is 13.7. The number of hydrogen-bond donors (Lipinski definition) is 0. The molecule has 4 heterocycles. The fourth-order valence-corrected chi connectivity index (χ4v) is 4.98. The van der Waals surface area contributed by atoms with E-state index in [-0.39, 0.29) is 17.5 Å². The minimum absolute atomic E-state index is 0.00217. The third-order valence-corrected chi connectivity index (χ3v) is 6.75. The molecule has 1 saturated heterocycles. The zero-order valence-corrected chi connectivity index (χ0v) is 20.4. The van der Waals surface area contributed by atoms with E-state index >= 15 is 0 Å². The number of ether oxygens (including phenoxy) is 2. The number of amides is 1. The molecule has 0 N–H and O–H groups in total. The standard InChI is InChI=1S/C23H28F2N4O3.C2H6/c1-14-11-21-20(12-17(14)22(24)25)28(7-10-32-21)23-18-13-27(15(2)30)6-3-19(18)29(26-23)16-4-8-31-9-5-16;1-2/h11-12,16,22H,3-10,13H2,1-2H3;1-2H3. The maximum atomic E-state index is 13.7. The summed E-state index contributed by atoms with van der Waals surface area (Å²) in [6.45, 7) is 10.7. The summed E-state index contributed by atoms with van der Waals surface area (Å²) >= 11 is 0. The molecule has 0 bridgehead atoms. The molecule has 0 saturated carbocycles. The van der Waals surface area contributed by atoms with E-state index in [0.717, 1.165) is 36.3 Å². The van der Waals surface area contributed by atoms with Gasteiger partial charge in [0.1, 0.15) is 12.4 Å². The Balaban J connectivity index is 0.00000133. The number of carbonyl (C=O) groups is 1. The van der Waals surface area contributed by atoms with Crippen LogP contribution in [-0.4, -0.2) is 53.5 Å². The lowest BCUT2D eigenvalue weighted by atomic mass is 10.0. The first-order chi connectivity index (χ1) is 16.4. The van der Waals surface area contributed by atoms with E-state index < -0.39 is 6.43 Å². The molecule has 9 heteroatoms. The van der Waals surface area contributed by atoms with Gasteiger partial charge in [0, 0.05) is 49.9 Å². The molecule has 3 aliphatic heterocycles. The molecule has 1 aromatic heterocycles. The van der Waals surface area contributed by atoms with Crippen molar-refractivity contribution in [1.29, 1.82) is 0 Å². The number of aromatic nitrogens is 2. The first kappa shape index (κ1) is 24.4. The fraction of sp³-hybridized carbons (Fsp3) is 0.600. The molecular formula is C25H34F2N4O3. The summed E-state index contributed by atoms with van der Waals surface area (Å²) < 4.78 is 40.8. The van der Waals surface area contributed by atoms with E-state index in [1.165, 1.54) is 6.07 Å². The molecule has 7 nitrogen and oxygen atoms in total. The average Bonchev–Trinajstić information content (AvgIpc) is 3.23. The van der Waals surface area contributed by atoms with Gasteiger partial charge in [-0.2, -0.15) is 5.10 Å². The molecule has 0 aliphatic carbocycles. The van der Waals surface area contributed by atoms with E-state index in [2.05, 4.69) is 4.68 Å². The Morgan fingerprint density at radius 2 is 1.88 bits per heavy atom. The Morgan fingerprint density at radius 3 is 2.56 bits per heavy atom. The normalized spacial score (nSPS) is 18.1. The van der Waals surface area contributed by atoms with Crippen molar-refractivity contribution in [2.75, 3.05) is 37.8 Å². The highest BCUT2D eigenvalue weighted by atomic mass is 19.3. The lowest BCUT2D eigenvalue weighted by molar-refractivity contribution is -0.129. The second kappa shape index (κ2) is 10.3. The lowest BCUT2D eigenvalue weighted by Gasteiger charge is -2.33. The molecule has 0 atom stereocenters. The topological polar surface area (TPSA) is 59.8 Å². The van der Waals surface area contributed by atoms with Crippen LogP contribution in [0.4, 0.5) is 20.3 Å². The van der Waals surface area contributed by atoms with Crippen molar-refractivity contribution >= 4 is 17.4 Å². The number of fused-ring (bicyclic) bond motifs is 2. The average molecular weight is 477 g/mol. The third kappa shape index (κ3) is 4.50. The van der Waals surface area contributed by atoms with Crippen LogP contribution in [-0.2, 0) is 22.5 Å². The fourth-order valence-electron chi connectivity index (χ4n) is 4.98. The quantitative estimate of drug-likeness (QED) is 0.628.